The number of para-hydroxylation sites is 2. The van der Waals surface area contributed by atoms with Crippen LogP contribution in [0.25, 0.3) is 0 Å². The number of rotatable bonds is 6. The second-order valence-electron chi connectivity index (χ2n) is 6.89. The van der Waals surface area contributed by atoms with Crippen LogP contribution in [0, 0.1) is 0 Å². The van der Waals surface area contributed by atoms with Gasteiger partial charge in [0.1, 0.15) is 11.5 Å². The average molecular weight is 405 g/mol. The zero-order valence-electron chi connectivity index (χ0n) is 17.1. The lowest BCUT2D eigenvalue weighted by Crippen LogP contribution is -2.32. The van der Waals surface area contributed by atoms with E-state index in [9.17, 15) is 4.79 Å². The van der Waals surface area contributed by atoms with Crippen molar-refractivity contribution in [1.82, 2.24) is 5.32 Å². The summed E-state index contributed by atoms with van der Waals surface area (Å²) in [5.41, 5.74) is 2.61. The first-order valence-electron chi connectivity index (χ1n) is 9.58. The number of nitrogens with one attached hydrogen (secondary N) is 1. The Balaban J connectivity index is 1.61. The zero-order valence-corrected chi connectivity index (χ0v) is 17.1. The molecule has 0 radical (unpaired) electrons. The molecule has 0 saturated carbocycles. The molecule has 6 nitrogen and oxygen atoms in total. The molecule has 1 aliphatic heterocycles. The predicted octanol–water partition coefficient (Wildman–Crippen LogP) is 4.27. The van der Waals surface area contributed by atoms with Gasteiger partial charge in [-0.15, -0.1) is 0 Å². The number of carbonyl (C=O) groups excluding carboxylic acids is 1. The van der Waals surface area contributed by atoms with Crippen LogP contribution in [0.5, 0.6) is 28.7 Å². The Morgan fingerprint density at radius 3 is 1.90 bits per heavy atom. The summed E-state index contributed by atoms with van der Waals surface area (Å²) in [6.45, 7) is 0. The molecule has 1 heterocycles. The van der Waals surface area contributed by atoms with Crippen LogP contribution in [0.3, 0.4) is 0 Å². The molecule has 0 atom stereocenters. The monoisotopic (exact) mass is 405 g/mol. The van der Waals surface area contributed by atoms with Crippen LogP contribution in [0.15, 0.2) is 60.7 Å². The van der Waals surface area contributed by atoms with Gasteiger partial charge < -0.3 is 24.3 Å². The lowest BCUT2D eigenvalue weighted by atomic mass is 9.94. The standard InChI is InChI=1S/C24H23NO5/c1-27-20-12-15(13-21(28-2)24(20)29-3)14-22(26)25-23-16-8-4-6-10-18(16)30-19-11-7-5-9-17(19)23/h4-13,23H,14H2,1-3H3,(H,25,26). The second-order valence-corrected chi connectivity index (χ2v) is 6.89. The largest absolute Gasteiger partial charge is 0.493 e. The number of fused-ring (bicyclic) bond motifs is 2. The summed E-state index contributed by atoms with van der Waals surface area (Å²) in [5, 5.41) is 3.15. The third kappa shape index (κ3) is 3.64. The molecule has 154 valence electrons. The van der Waals surface area contributed by atoms with E-state index in [1.165, 1.54) is 0 Å². The minimum Gasteiger partial charge on any atom is -0.493 e. The van der Waals surface area contributed by atoms with E-state index >= 15 is 0 Å². The summed E-state index contributed by atoms with van der Waals surface area (Å²) in [6, 6.07) is 18.7. The van der Waals surface area contributed by atoms with Gasteiger partial charge in [0.25, 0.3) is 0 Å². The number of methoxy groups -OCH3 is 3. The number of benzene rings is 3. The smallest absolute Gasteiger partial charge is 0.225 e. The van der Waals surface area contributed by atoms with Crippen molar-refractivity contribution in [1.29, 1.82) is 0 Å². The van der Waals surface area contributed by atoms with Crippen LogP contribution >= 0.6 is 0 Å². The Morgan fingerprint density at radius 2 is 1.40 bits per heavy atom. The zero-order chi connectivity index (χ0) is 21.1. The highest BCUT2D eigenvalue weighted by Gasteiger charge is 2.28. The fraction of sp³-hybridized carbons (Fsp3) is 0.208. The predicted molar refractivity (Wildman–Crippen MR) is 113 cm³/mol. The first-order chi connectivity index (χ1) is 14.6. The minimum atomic E-state index is -0.291. The van der Waals surface area contributed by atoms with Gasteiger partial charge in [-0.25, -0.2) is 0 Å². The minimum absolute atomic E-state index is 0.124. The van der Waals surface area contributed by atoms with Gasteiger partial charge in [0.2, 0.25) is 11.7 Å². The van der Waals surface area contributed by atoms with E-state index in [0.29, 0.717) is 17.2 Å². The maximum Gasteiger partial charge on any atom is 0.225 e. The van der Waals surface area contributed by atoms with Gasteiger partial charge in [-0.3, -0.25) is 4.79 Å². The highest BCUT2D eigenvalue weighted by Crippen LogP contribution is 2.42. The lowest BCUT2D eigenvalue weighted by molar-refractivity contribution is -0.121. The molecule has 0 aliphatic carbocycles. The van der Waals surface area contributed by atoms with Crippen molar-refractivity contribution in [3.05, 3.63) is 77.4 Å². The molecule has 0 spiro atoms. The molecule has 0 bridgehead atoms. The van der Waals surface area contributed by atoms with Crippen molar-refractivity contribution >= 4 is 5.91 Å². The molecule has 0 unspecified atom stereocenters. The highest BCUT2D eigenvalue weighted by molar-refractivity contribution is 5.80. The van der Waals surface area contributed by atoms with Crippen molar-refractivity contribution in [2.75, 3.05) is 21.3 Å². The third-order valence-corrected chi connectivity index (χ3v) is 5.07. The van der Waals surface area contributed by atoms with Crippen LogP contribution in [0.1, 0.15) is 22.7 Å². The van der Waals surface area contributed by atoms with Gasteiger partial charge in [0, 0.05) is 11.1 Å². The maximum absolute atomic E-state index is 13.0. The molecule has 6 heteroatoms. The molecule has 0 aromatic heterocycles. The normalized spacial score (nSPS) is 12.2. The van der Waals surface area contributed by atoms with Crippen molar-refractivity contribution < 1.29 is 23.7 Å². The third-order valence-electron chi connectivity index (χ3n) is 5.07. The van der Waals surface area contributed by atoms with E-state index < -0.39 is 0 Å². The molecule has 4 rings (SSSR count). The van der Waals surface area contributed by atoms with Gasteiger partial charge >= 0.3 is 0 Å². The van der Waals surface area contributed by atoms with Crippen molar-refractivity contribution in [3.8, 4) is 28.7 Å². The number of carbonyl (C=O) groups is 1. The van der Waals surface area contributed by atoms with Crippen molar-refractivity contribution in [2.45, 2.75) is 12.5 Å². The molecule has 1 aliphatic rings. The Morgan fingerprint density at radius 1 is 0.867 bits per heavy atom. The molecule has 3 aromatic carbocycles. The first kappa shape index (κ1) is 19.6. The molecule has 1 amide bonds. The fourth-order valence-electron chi connectivity index (χ4n) is 3.70. The number of hydrogen-bond donors (Lipinski definition) is 1. The van der Waals surface area contributed by atoms with Gasteiger partial charge in [-0.1, -0.05) is 36.4 Å². The molecule has 0 saturated heterocycles. The molecular formula is C24H23NO5. The highest BCUT2D eigenvalue weighted by atomic mass is 16.5. The van der Waals surface area contributed by atoms with Crippen LogP contribution < -0.4 is 24.3 Å². The average Bonchev–Trinajstić information content (AvgIpc) is 2.78. The maximum atomic E-state index is 13.0. The summed E-state index contributed by atoms with van der Waals surface area (Å²) < 4.78 is 22.1. The van der Waals surface area contributed by atoms with Crippen LogP contribution in [-0.4, -0.2) is 27.2 Å². The van der Waals surface area contributed by atoms with Crippen LogP contribution in [0.4, 0.5) is 0 Å². The molecule has 3 aromatic rings. The Labute approximate surface area is 175 Å². The first-order valence-corrected chi connectivity index (χ1v) is 9.58. The van der Waals surface area contributed by atoms with Gasteiger partial charge in [0.05, 0.1) is 33.8 Å². The van der Waals surface area contributed by atoms with Crippen LogP contribution in [-0.2, 0) is 11.2 Å². The van der Waals surface area contributed by atoms with Gasteiger partial charge in [-0.2, -0.15) is 0 Å². The van der Waals surface area contributed by atoms with Crippen molar-refractivity contribution in [2.24, 2.45) is 0 Å². The van der Waals surface area contributed by atoms with Gasteiger partial charge in [0.15, 0.2) is 11.5 Å². The molecule has 30 heavy (non-hydrogen) atoms. The lowest BCUT2D eigenvalue weighted by Gasteiger charge is -2.28. The number of ether oxygens (including phenoxy) is 4. The van der Waals surface area contributed by atoms with Crippen molar-refractivity contribution in [3.63, 3.8) is 0 Å². The van der Waals surface area contributed by atoms with E-state index in [1.54, 1.807) is 33.5 Å². The molecular weight excluding hydrogens is 382 g/mol. The van der Waals surface area contributed by atoms with Crippen LogP contribution in [0.2, 0.25) is 0 Å². The molecule has 1 N–H and O–H groups in total. The van der Waals surface area contributed by atoms with E-state index in [4.69, 9.17) is 18.9 Å². The topological polar surface area (TPSA) is 66.0 Å². The van der Waals surface area contributed by atoms with E-state index in [0.717, 1.165) is 28.2 Å². The van der Waals surface area contributed by atoms with E-state index in [-0.39, 0.29) is 18.4 Å². The quantitative estimate of drug-likeness (QED) is 0.664. The summed E-state index contributed by atoms with van der Waals surface area (Å²) in [7, 11) is 4.65. The SMILES string of the molecule is COc1cc(CC(=O)NC2c3ccccc3Oc3ccccc32)cc(OC)c1OC. The van der Waals surface area contributed by atoms with Gasteiger partial charge in [-0.05, 0) is 29.8 Å². The Kier molecular flexibility index (Phi) is 5.48. The number of hydrogen-bond acceptors (Lipinski definition) is 5. The summed E-state index contributed by atoms with van der Waals surface area (Å²) in [4.78, 5) is 13.0. The summed E-state index contributed by atoms with van der Waals surface area (Å²) in [6.07, 6.45) is 0.165. The fourth-order valence-corrected chi connectivity index (χ4v) is 3.70. The second kappa shape index (κ2) is 8.37. The number of amides is 1. The summed E-state index contributed by atoms with van der Waals surface area (Å²) >= 11 is 0. The van der Waals surface area contributed by atoms with E-state index in [1.807, 2.05) is 48.5 Å². The Bertz CT molecular complexity index is 1010. The van der Waals surface area contributed by atoms with E-state index in [2.05, 4.69) is 5.32 Å². The summed E-state index contributed by atoms with van der Waals surface area (Å²) in [5.74, 6) is 2.89. The Hall–Kier alpha value is -3.67. The molecule has 0 fully saturated rings.